The zero-order valence-electron chi connectivity index (χ0n) is 11.5. The van der Waals surface area contributed by atoms with Crippen molar-refractivity contribution in [2.75, 3.05) is 13.1 Å². The minimum absolute atomic E-state index is 0.0990. The summed E-state index contributed by atoms with van der Waals surface area (Å²) in [7, 11) is 0. The molecule has 0 aliphatic heterocycles. The minimum atomic E-state index is -2.39. The van der Waals surface area contributed by atoms with Crippen molar-refractivity contribution in [3.8, 4) is 0 Å². The zero-order valence-corrected chi connectivity index (χ0v) is 11.5. The first kappa shape index (κ1) is 14.9. The van der Waals surface area contributed by atoms with E-state index in [0.717, 1.165) is 32.4 Å². The fourth-order valence-electron chi connectivity index (χ4n) is 2.83. The Kier molecular flexibility index (Phi) is 5.36. The molecule has 0 heterocycles. The third kappa shape index (κ3) is 5.80. The van der Waals surface area contributed by atoms with Gasteiger partial charge in [0.15, 0.2) is 0 Å². The van der Waals surface area contributed by atoms with E-state index >= 15 is 0 Å². The van der Waals surface area contributed by atoms with Crippen LogP contribution in [0.25, 0.3) is 0 Å². The Balaban J connectivity index is 2.24. The van der Waals surface area contributed by atoms with Crippen LogP contribution < -0.4 is 5.32 Å². The SMILES string of the molecule is CCCNCCC(C)(C)CC1CCC(F)(F)C1. The van der Waals surface area contributed by atoms with Crippen LogP contribution in [0.3, 0.4) is 0 Å². The molecule has 0 aromatic heterocycles. The molecule has 1 aliphatic carbocycles. The van der Waals surface area contributed by atoms with E-state index in [0.29, 0.717) is 6.42 Å². The number of alkyl halides is 2. The summed E-state index contributed by atoms with van der Waals surface area (Å²) in [5.41, 5.74) is 0.186. The summed E-state index contributed by atoms with van der Waals surface area (Å²) in [5.74, 6) is -2.16. The molecule has 1 aliphatic rings. The predicted octanol–water partition coefficient (Wildman–Crippen LogP) is 4.23. The first-order valence-corrected chi connectivity index (χ1v) is 6.93. The van der Waals surface area contributed by atoms with Crippen molar-refractivity contribution in [1.29, 1.82) is 0 Å². The van der Waals surface area contributed by atoms with E-state index in [4.69, 9.17) is 0 Å². The van der Waals surface area contributed by atoms with Crippen LogP contribution in [-0.4, -0.2) is 19.0 Å². The number of rotatable bonds is 7. The summed E-state index contributed by atoms with van der Waals surface area (Å²) in [5, 5.41) is 3.38. The molecule has 1 atom stereocenters. The van der Waals surface area contributed by atoms with Crippen LogP contribution in [0, 0.1) is 11.3 Å². The highest BCUT2D eigenvalue weighted by atomic mass is 19.3. The monoisotopic (exact) mass is 247 g/mol. The van der Waals surface area contributed by atoms with Crippen molar-refractivity contribution >= 4 is 0 Å². The highest BCUT2D eigenvalue weighted by Gasteiger charge is 2.40. The van der Waals surface area contributed by atoms with E-state index in [1.165, 1.54) is 0 Å². The van der Waals surface area contributed by atoms with Crippen LogP contribution in [0.5, 0.6) is 0 Å². The number of hydrogen-bond acceptors (Lipinski definition) is 1. The molecular weight excluding hydrogens is 220 g/mol. The van der Waals surface area contributed by atoms with Crippen LogP contribution in [-0.2, 0) is 0 Å². The van der Waals surface area contributed by atoms with Gasteiger partial charge in [0.1, 0.15) is 0 Å². The van der Waals surface area contributed by atoms with Gasteiger partial charge in [-0.3, -0.25) is 0 Å². The quantitative estimate of drug-likeness (QED) is 0.664. The fraction of sp³-hybridized carbons (Fsp3) is 1.00. The molecule has 1 nitrogen and oxygen atoms in total. The Morgan fingerprint density at radius 3 is 2.53 bits per heavy atom. The Bertz CT molecular complexity index is 226. The third-order valence-electron chi connectivity index (χ3n) is 3.75. The highest BCUT2D eigenvalue weighted by Crippen LogP contribution is 2.44. The van der Waals surface area contributed by atoms with Crippen molar-refractivity contribution in [3.63, 3.8) is 0 Å². The summed E-state index contributed by atoms with van der Waals surface area (Å²) in [4.78, 5) is 0. The lowest BCUT2D eigenvalue weighted by atomic mass is 9.79. The molecular formula is C14H27F2N. The van der Waals surface area contributed by atoms with Crippen LogP contribution in [0.1, 0.15) is 59.3 Å². The average Bonchev–Trinajstić information content (AvgIpc) is 2.52. The molecule has 0 spiro atoms. The molecule has 1 rings (SSSR count). The van der Waals surface area contributed by atoms with Crippen LogP contribution in [0.15, 0.2) is 0 Å². The topological polar surface area (TPSA) is 12.0 Å². The maximum absolute atomic E-state index is 13.1. The Morgan fingerprint density at radius 1 is 1.29 bits per heavy atom. The zero-order chi connectivity index (χ0) is 12.9. The Morgan fingerprint density at radius 2 is 2.00 bits per heavy atom. The minimum Gasteiger partial charge on any atom is -0.317 e. The van der Waals surface area contributed by atoms with Gasteiger partial charge in [-0.2, -0.15) is 0 Å². The lowest BCUT2D eigenvalue weighted by molar-refractivity contribution is 0.00306. The van der Waals surface area contributed by atoms with Crippen molar-refractivity contribution in [3.05, 3.63) is 0 Å². The molecule has 0 saturated heterocycles. The molecule has 1 unspecified atom stereocenters. The van der Waals surface area contributed by atoms with Crippen molar-refractivity contribution in [1.82, 2.24) is 5.32 Å². The van der Waals surface area contributed by atoms with Crippen molar-refractivity contribution in [2.24, 2.45) is 11.3 Å². The highest BCUT2D eigenvalue weighted by molar-refractivity contribution is 4.85. The first-order chi connectivity index (χ1) is 7.85. The molecule has 0 aromatic rings. The van der Waals surface area contributed by atoms with E-state index in [1.54, 1.807) is 0 Å². The van der Waals surface area contributed by atoms with Crippen LogP contribution in [0.4, 0.5) is 8.78 Å². The van der Waals surface area contributed by atoms with Gasteiger partial charge in [-0.1, -0.05) is 20.8 Å². The van der Waals surface area contributed by atoms with E-state index in [9.17, 15) is 8.78 Å². The Labute approximate surface area is 104 Å². The molecule has 0 radical (unpaired) electrons. The van der Waals surface area contributed by atoms with Gasteiger partial charge in [0.05, 0.1) is 0 Å². The van der Waals surface area contributed by atoms with Crippen molar-refractivity contribution < 1.29 is 8.78 Å². The van der Waals surface area contributed by atoms with Gasteiger partial charge in [-0.15, -0.1) is 0 Å². The van der Waals surface area contributed by atoms with Gasteiger partial charge < -0.3 is 5.32 Å². The summed E-state index contributed by atoms with van der Waals surface area (Å²) in [6.07, 6.45) is 4.08. The predicted molar refractivity (Wildman–Crippen MR) is 68.5 cm³/mol. The smallest absolute Gasteiger partial charge is 0.248 e. The molecule has 1 N–H and O–H groups in total. The van der Waals surface area contributed by atoms with E-state index < -0.39 is 5.92 Å². The van der Waals surface area contributed by atoms with Gasteiger partial charge in [-0.25, -0.2) is 8.78 Å². The van der Waals surface area contributed by atoms with Gasteiger partial charge in [0, 0.05) is 12.8 Å². The first-order valence-electron chi connectivity index (χ1n) is 6.93. The summed E-state index contributed by atoms with van der Waals surface area (Å²) >= 11 is 0. The number of hydrogen-bond donors (Lipinski definition) is 1. The second kappa shape index (κ2) is 6.12. The van der Waals surface area contributed by atoms with Crippen molar-refractivity contribution in [2.45, 2.75) is 65.2 Å². The number of nitrogens with one attached hydrogen (secondary N) is 1. The molecule has 0 amide bonds. The number of halogens is 2. The maximum Gasteiger partial charge on any atom is 0.248 e. The molecule has 0 bridgehead atoms. The average molecular weight is 247 g/mol. The standard InChI is InChI=1S/C14H27F2N/c1-4-8-17-9-7-13(2,3)10-12-5-6-14(15,16)11-12/h12,17H,4-11H2,1-3H3. The van der Waals surface area contributed by atoms with Gasteiger partial charge in [-0.05, 0) is 50.1 Å². The van der Waals surface area contributed by atoms with Crippen LogP contribution >= 0.6 is 0 Å². The van der Waals surface area contributed by atoms with Gasteiger partial charge >= 0.3 is 0 Å². The molecule has 17 heavy (non-hydrogen) atoms. The second-order valence-corrected chi connectivity index (χ2v) is 6.33. The molecule has 102 valence electrons. The summed E-state index contributed by atoms with van der Waals surface area (Å²) in [6, 6.07) is 0. The van der Waals surface area contributed by atoms with E-state index in [1.807, 2.05) is 0 Å². The summed E-state index contributed by atoms with van der Waals surface area (Å²) < 4.78 is 26.2. The second-order valence-electron chi connectivity index (χ2n) is 6.33. The van der Waals surface area contributed by atoms with Gasteiger partial charge in [0.25, 0.3) is 0 Å². The van der Waals surface area contributed by atoms with Crippen LogP contribution in [0.2, 0.25) is 0 Å². The lowest BCUT2D eigenvalue weighted by Gasteiger charge is -2.28. The fourth-order valence-corrected chi connectivity index (χ4v) is 2.83. The van der Waals surface area contributed by atoms with Gasteiger partial charge in [0.2, 0.25) is 5.92 Å². The third-order valence-corrected chi connectivity index (χ3v) is 3.75. The summed E-state index contributed by atoms with van der Waals surface area (Å²) in [6.45, 7) is 8.62. The lowest BCUT2D eigenvalue weighted by Crippen LogP contribution is -2.25. The molecule has 3 heteroatoms. The van der Waals surface area contributed by atoms with E-state index in [-0.39, 0.29) is 24.2 Å². The molecule has 1 fully saturated rings. The maximum atomic E-state index is 13.1. The molecule has 1 saturated carbocycles. The molecule has 0 aromatic carbocycles. The van der Waals surface area contributed by atoms with E-state index in [2.05, 4.69) is 26.1 Å². The Hall–Kier alpha value is -0.180. The normalized spacial score (nSPS) is 24.2. The largest absolute Gasteiger partial charge is 0.317 e.